The number of methoxy groups -OCH3 is 1. The van der Waals surface area contributed by atoms with Crippen LogP contribution >= 0.6 is 0 Å². The standard InChI is InChI=1S/C21H24FN3O6/c1-3-15(20(29)24-17(10-19(27)28)18(26)11-22)16-7-8-23-25(21(16)30)12-13-5-4-6-14(9-13)31-2/h4-9,15,17H,3,10-12H2,1-2H3,(H,24,29)(H,27,28). The maximum atomic E-state index is 13.0. The van der Waals surface area contributed by atoms with E-state index in [1.54, 1.807) is 31.2 Å². The number of benzene rings is 1. The van der Waals surface area contributed by atoms with Crippen molar-refractivity contribution in [3.8, 4) is 5.75 Å². The monoisotopic (exact) mass is 433 g/mol. The minimum Gasteiger partial charge on any atom is -0.497 e. The lowest BCUT2D eigenvalue weighted by molar-refractivity contribution is -0.140. The number of aromatic nitrogens is 2. The Balaban J connectivity index is 2.29. The fourth-order valence-corrected chi connectivity index (χ4v) is 3.12. The van der Waals surface area contributed by atoms with E-state index >= 15 is 0 Å². The van der Waals surface area contributed by atoms with Gasteiger partial charge in [0, 0.05) is 11.8 Å². The molecule has 10 heteroatoms. The van der Waals surface area contributed by atoms with Crippen LogP contribution in [-0.2, 0) is 20.9 Å². The van der Waals surface area contributed by atoms with Gasteiger partial charge in [0.05, 0.1) is 26.0 Å². The Bertz CT molecular complexity index is 1010. The Morgan fingerprint density at radius 2 is 2.03 bits per heavy atom. The highest BCUT2D eigenvalue weighted by atomic mass is 19.1. The third kappa shape index (κ3) is 6.21. The van der Waals surface area contributed by atoms with E-state index in [1.165, 1.54) is 24.1 Å². The van der Waals surface area contributed by atoms with E-state index in [0.717, 1.165) is 5.56 Å². The summed E-state index contributed by atoms with van der Waals surface area (Å²) >= 11 is 0. The zero-order valence-electron chi connectivity index (χ0n) is 17.2. The number of alkyl halides is 1. The number of ketones is 1. The van der Waals surface area contributed by atoms with E-state index in [1.807, 2.05) is 0 Å². The normalized spacial score (nSPS) is 12.6. The van der Waals surface area contributed by atoms with Crippen molar-refractivity contribution in [2.24, 2.45) is 0 Å². The van der Waals surface area contributed by atoms with Crippen LogP contribution in [-0.4, -0.2) is 52.4 Å². The highest BCUT2D eigenvalue weighted by molar-refractivity contribution is 5.94. The Kier molecular flexibility index (Phi) is 8.42. The summed E-state index contributed by atoms with van der Waals surface area (Å²) in [6.45, 7) is 0.404. The molecule has 2 aromatic rings. The molecule has 0 radical (unpaired) electrons. The van der Waals surface area contributed by atoms with Crippen LogP contribution in [0.15, 0.2) is 41.3 Å². The number of carbonyl (C=O) groups is 3. The number of amides is 1. The summed E-state index contributed by atoms with van der Waals surface area (Å²) in [5.74, 6) is -3.47. The van der Waals surface area contributed by atoms with Crippen molar-refractivity contribution in [1.29, 1.82) is 0 Å². The Hall–Kier alpha value is -3.56. The second-order valence-electron chi connectivity index (χ2n) is 6.82. The fraction of sp³-hybridized carbons (Fsp3) is 0.381. The van der Waals surface area contributed by atoms with Gasteiger partial charge in [0.2, 0.25) is 5.91 Å². The van der Waals surface area contributed by atoms with Crippen LogP contribution < -0.4 is 15.6 Å². The number of carboxylic acids is 1. The van der Waals surface area contributed by atoms with E-state index in [-0.39, 0.29) is 18.5 Å². The van der Waals surface area contributed by atoms with Crippen LogP contribution in [0.25, 0.3) is 0 Å². The van der Waals surface area contributed by atoms with Crippen molar-refractivity contribution in [3.05, 3.63) is 58.0 Å². The maximum absolute atomic E-state index is 13.0. The molecule has 1 aromatic carbocycles. The molecule has 166 valence electrons. The van der Waals surface area contributed by atoms with E-state index in [0.29, 0.717) is 5.75 Å². The molecule has 9 nitrogen and oxygen atoms in total. The fourth-order valence-electron chi connectivity index (χ4n) is 3.12. The van der Waals surface area contributed by atoms with Gasteiger partial charge in [0.15, 0.2) is 5.78 Å². The average molecular weight is 433 g/mol. The molecule has 2 unspecified atom stereocenters. The smallest absolute Gasteiger partial charge is 0.305 e. The Morgan fingerprint density at radius 3 is 2.65 bits per heavy atom. The molecule has 31 heavy (non-hydrogen) atoms. The van der Waals surface area contributed by atoms with Gasteiger partial charge in [0.1, 0.15) is 18.5 Å². The maximum Gasteiger partial charge on any atom is 0.305 e. The number of aliphatic carboxylic acids is 1. The highest BCUT2D eigenvalue weighted by Gasteiger charge is 2.29. The molecule has 0 aliphatic heterocycles. The molecular weight excluding hydrogens is 409 g/mol. The summed E-state index contributed by atoms with van der Waals surface area (Å²) < 4.78 is 19.1. The number of halogens is 1. The second-order valence-corrected chi connectivity index (χ2v) is 6.82. The quantitative estimate of drug-likeness (QED) is 0.547. The van der Waals surface area contributed by atoms with Crippen LogP contribution in [0.4, 0.5) is 4.39 Å². The lowest BCUT2D eigenvalue weighted by atomic mass is 9.96. The first-order valence-corrected chi connectivity index (χ1v) is 9.60. The third-order valence-corrected chi connectivity index (χ3v) is 4.72. The molecule has 1 heterocycles. The van der Waals surface area contributed by atoms with Crippen molar-refractivity contribution in [1.82, 2.24) is 15.1 Å². The zero-order chi connectivity index (χ0) is 23.0. The van der Waals surface area contributed by atoms with Gasteiger partial charge < -0.3 is 15.2 Å². The number of hydrogen-bond donors (Lipinski definition) is 2. The number of hydrogen-bond acceptors (Lipinski definition) is 6. The molecule has 0 aliphatic rings. The molecule has 0 spiro atoms. The van der Waals surface area contributed by atoms with Crippen molar-refractivity contribution in [2.75, 3.05) is 13.8 Å². The van der Waals surface area contributed by atoms with E-state index in [9.17, 15) is 23.6 Å². The van der Waals surface area contributed by atoms with Crippen molar-refractivity contribution >= 4 is 17.7 Å². The number of Topliss-reactive ketones (excluding diaryl/α,β-unsaturated/α-hetero) is 1. The third-order valence-electron chi connectivity index (χ3n) is 4.72. The number of nitrogens with one attached hydrogen (secondary N) is 1. The van der Waals surface area contributed by atoms with Gasteiger partial charge in [-0.2, -0.15) is 5.10 Å². The zero-order valence-corrected chi connectivity index (χ0v) is 17.2. The molecule has 1 amide bonds. The summed E-state index contributed by atoms with van der Waals surface area (Å²) in [4.78, 5) is 48.3. The number of ether oxygens (including phenoxy) is 1. The van der Waals surface area contributed by atoms with Gasteiger partial charge in [-0.1, -0.05) is 19.1 Å². The minimum atomic E-state index is -1.51. The largest absolute Gasteiger partial charge is 0.497 e. The Labute approximate surface area is 177 Å². The average Bonchev–Trinajstić information content (AvgIpc) is 2.75. The van der Waals surface area contributed by atoms with Crippen LogP contribution in [0, 0.1) is 0 Å². The molecule has 2 atom stereocenters. The summed E-state index contributed by atoms with van der Waals surface area (Å²) in [5, 5.41) is 15.2. The number of carbonyl (C=O) groups excluding carboxylic acids is 2. The van der Waals surface area contributed by atoms with E-state index in [2.05, 4.69) is 10.4 Å². The summed E-state index contributed by atoms with van der Waals surface area (Å²) in [7, 11) is 1.53. The SMILES string of the molecule is CCC(C(=O)NC(CC(=O)O)C(=O)CF)c1ccnn(Cc2cccc(OC)c2)c1=O. The molecule has 2 rings (SSSR count). The van der Waals surface area contributed by atoms with Gasteiger partial charge in [0.25, 0.3) is 5.56 Å². The first-order chi connectivity index (χ1) is 14.8. The van der Waals surface area contributed by atoms with Gasteiger partial charge in [-0.3, -0.25) is 19.2 Å². The van der Waals surface area contributed by atoms with Crippen molar-refractivity contribution < 1.29 is 28.6 Å². The van der Waals surface area contributed by atoms with Crippen LogP contribution in [0.5, 0.6) is 5.75 Å². The molecule has 1 aromatic heterocycles. The van der Waals surface area contributed by atoms with E-state index in [4.69, 9.17) is 9.84 Å². The van der Waals surface area contributed by atoms with Crippen LogP contribution in [0.2, 0.25) is 0 Å². The molecule has 0 aliphatic carbocycles. The number of rotatable bonds is 11. The molecule has 2 N–H and O–H groups in total. The summed E-state index contributed by atoms with van der Waals surface area (Å²) in [6.07, 6.45) is 0.837. The number of carboxylic acid groups (broad SMARTS) is 1. The molecule has 0 fully saturated rings. The van der Waals surface area contributed by atoms with Crippen LogP contribution in [0.1, 0.15) is 36.8 Å². The lowest BCUT2D eigenvalue weighted by Gasteiger charge is -2.20. The van der Waals surface area contributed by atoms with Crippen molar-refractivity contribution in [3.63, 3.8) is 0 Å². The van der Waals surface area contributed by atoms with Gasteiger partial charge >= 0.3 is 5.97 Å². The first-order valence-electron chi connectivity index (χ1n) is 9.60. The predicted octanol–water partition coefficient (Wildman–Crippen LogP) is 1.29. The van der Waals surface area contributed by atoms with Crippen molar-refractivity contribution in [2.45, 2.75) is 38.3 Å². The second kappa shape index (κ2) is 11.0. The summed E-state index contributed by atoms with van der Waals surface area (Å²) in [6, 6.07) is 6.98. The number of nitrogens with zero attached hydrogens (tertiary/aromatic N) is 2. The minimum absolute atomic E-state index is 0.139. The molecule has 0 saturated heterocycles. The molecule has 0 bridgehead atoms. The topological polar surface area (TPSA) is 128 Å². The Morgan fingerprint density at radius 1 is 1.29 bits per heavy atom. The molecule has 0 saturated carbocycles. The van der Waals surface area contributed by atoms with Crippen LogP contribution in [0.3, 0.4) is 0 Å². The highest BCUT2D eigenvalue weighted by Crippen LogP contribution is 2.17. The summed E-state index contributed by atoms with van der Waals surface area (Å²) in [5.41, 5.74) is 0.400. The first kappa shape index (κ1) is 23.7. The van der Waals surface area contributed by atoms with Gasteiger partial charge in [-0.05, 0) is 30.2 Å². The lowest BCUT2D eigenvalue weighted by Crippen LogP contribution is -2.45. The van der Waals surface area contributed by atoms with E-state index < -0.39 is 48.3 Å². The van der Waals surface area contributed by atoms with Gasteiger partial charge in [-0.15, -0.1) is 0 Å². The van der Waals surface area contributed by atoms with Gasteiger partial charge in [-0.25, -0.2) is 9.07 Å². The predicted molar refractivity (Wildman–Crippen MR) is 109 cm³/mol. The molecular formula is C21H24FN3O6.